The van der Waals surface area contributed by atoms with Gasteiger partial charge in [0.15, 0.2) is 5.82 Å². The van der Waals surface area contributed by atoms with E-state index in [0.29, 0.717) is 30.7 Å². The molecule has 0 radical (unpaired) electrons. The van der Waals surface area contributed by atoms with E-state index >= 15 is 0 Å². The van der Waals surface area contributed by atoms with E-state index in [1.54, 1.807) is 6.92 Å². The molecule has 1 heterocycles. The van der Waals surface area contributed by atoms with Crippen LogP contribution in [-0.2, 0) is 26.6 Å². The summed E-state index contributed by atoms with van der Waals surface area (Å²) in [6, 6.07) is 0. The Hall–Kier alpha value is 0.0600. The molecule has 16 heavy (non-hydrogen) atoms. The van der Waals surface area contributed by atoms with Gasteiger partial charge in [0.05, 0.1) is 19.0 Å². The lowest BCUT2D eigenvalue weighted by Crippen LogP contribution is -1.93. The fraction of sp³-hybridized carbons (Fsp3) is 0.750. The fourth-order valence-electron chi connectivity index (χ4n) is 0.961. The van der Waals surface area contributed by atoms with Crippen LogP contribution in [0.1, 0.15) is 25.6 Å². The molecule has 0 N–H and O–H groups in total. The molecular weight excluding hydrogens is 267 g/mol. The number of hydrogen-bond donors (Lipinski definition) is 0. The number of aryl methyl sites for hydroxylation is 1. The quantitative estimate of drug-likeness (QED) is 0.712. The van der Waals surface area contributed by atoms with Crippen LogP contribution in [-0.4, -0.2) is 23.4 Å². The maximum Gasteiger partial charge on any atom is 0.247 e. The third kappa shape index (κ3) is 4.51. The van der Waals surface area contributed by atoms with Crippen LogP contribution in [0.5, 0.6) is 0 Å². The zero-order valence-electron chi connectivity index (χ0n) is 9.50. The second-order valence-corrected chi connectivity index (χ2v) is 9.10. The Morgan fingerprint density at radius 1 is 1.38 bits per heavy atom. The van der Waals surface area contributed by atoms with Gasteiger partial charge in [-0.25, -0.2) is 0 Å². The van der Waals surface area contributed by atoms with Crippen LogP contribution in [0.2, 0.25) is 0 Å². The first-order valence-corrected chi connectivity index (χ1v) is 9.15. The molecule has 0 aliphatic heterocycles. The zero-order chi connectivity index (χ0) is 12.0. The molecule has 0 aromatic carbocycles. The molecule has 0 saturated carbocycles. The molecule has 0 amide bonds. The number of aromatic nitrogens is 2. The maximum absolute atomic E-state index is 5.48. The van der Waals surface area contributed by atoms with Crippen LogP contribution in [0.3, 0.4) is 0 Å². The van der Waals surface area contributed by atoms with Crippen molar-refractivity contribution in [3.05, 3.63) is 11.7 Å². The second kappa shape index (κ2) is 6.71. The van der Waals surface area contributed by atoms with Gasteiger partial charge in [-0.1, -0.05) is 16.5 Å². The van der Waals surface area contributed by atoms with Gasteiger partial charge < -0.3 is 13.6 Å². The lowest BCUT2D eigenvalue weighted by atomic mass is 10.7. The topological polar surface area (TPSA) is 57.4 Å². The average molecular weight is 282 g/mol. The number of nitrogens with zero attached hydrogens (tertiary/aromatic N) is 2. The third-order valence-corrected chi connectivity index (χ3v) is 6.88. The Labute approximate surface area is 104 Å². The molecule has 0 spiro atoms. The Kier molecular flexibility index (Phi) is 5.92. The molecule has 1 aromatic rings. The van der Waals surface area contributed by atoms with Crippen LogP contribution < -0.4 is 0 Å². The van der Waals surface area contributed by atoms with Crippen molar-refractivity contribution in [3.63, 3.8) is 0 Å². The third-order valence-electron chi connectivity index (χ3n) is 1.49. The molecule has 1 rings (SSSR count). The van der Waals surface area contributed by atoms with Crippen molar-refractivity contribution >= 4 is 28.9 Å². The summed E-state index contributed by atoms with van der Waals surface area (Å²) in [4.78, 5) is 4.10. The molecule has 0 saturated heterocycles. The minimum absolute atomic E-state index is 0.526. The summed E-state index contributed by atoms with van der Waals surface area (Å²) in [5.41, 5.74) is -2.25. The van der Waals surface area contributed by atoms with Gasteiger partial charge in [-0.2, -0.15) is 4.98 Å². The van der Waals surface area contributed by atoms with Gasteiger partial charge >= 0.3 is 0 Å². The minimum Gasteiger partial charge on any atom is -0.338 e. The smallest absolute Gasteiger partial charge is 0.247 e. The highest BCUT2D eigenvalue weighted by molar-refractivity contribution is 8.67. The summed E-state index contributed by atoms with van der Waals surface area (Å²) in [6.45, 7) is 6.67. The van der Waals surface area contributed by atoms with E-state index < -0.39 is 5.69 Å². The predicted molar refractivity (Wildman–Crippen MR) is 67.9 cm³/mol. The van der Waals surface area contributed by atoms with Gasteiger partial charge in [0.25, 0.3) is 0 Å². The molecule has 0 unspecified atom stereocenters. The second-order valence-electron chi connectivity index (χ2n) is 2.79. The monoisotopic (exact) mass is 282 g/mol. The summed E-state index contributed by atoms with van der Waals surface area (Å²) >= 11 is 6.77. The minimum atomic E-state index is -2.25. The van der Waals surface area contributed by atoms with Crippen molar-refractivity contribution < 1.29 is 13.6 Å². The molecule has 0 atom stereocenters. The van der Waals surface area contributed by atoms with Crippen LogP contribution in [0.15, 0.2) is 4.52 Å². The standard InChI is InChI=1S/C8H15N2O3PS2/c1-4-11-14(15,12-5-2)16-6-8-9-7(3)10-13-8/h4-6H2,1-3H3. The SMILES string of the molecule is CCOP(=S)(OCC)SCc1nc(C)no1. The Bertz CT molecular complexity index is 362. The first kappa shape index (κ1) is 14.1. The summed E-state index contributed by atoms with van der Waals surface area (Å²) in [7, 11) is 0. The van der Waals surface area contributed by atoms with Crippen LogP contribution in [0, 0.1) is 6.92 Å². The molecule has 0 bridgehead atoms. The Morgan fingerprint density at radius 2 is 2.00 bits per heavy atom. The number of rotatable bonds is 7. The molecule has 0 aliphatic carbocycles. The summed E-state index contributed by atoms with van der Waals surface area (Å²) < 4.78 is 15.9. The molecule has 92 valence electrons. The summed E-state index contributed by atoms with van der Waals surface area (Å²) in [5, 5.41) is 3.71. The van der Waals surface area contributed by atoms with Gasteiger partial charge in [-0.15, -0.1) is 0 Å². The van der Waals surface area contributed by atoms with Gasteiger partial charge in [0.1, 0.15) is 0 Å². The lowest BCUT2D eigenvalue weighted by molar-refractivity contribution is 0.280. The van der Waals surface area contributed by atoms with Crippen molar-refractivity contribution in [3.8, 4) is 0 Å². The normalized spacial score (nSPS) is 11.9. The van der Waals surface area contributed by atoms with Gasteiger partial charge in [0, 0.05) is 0 Å². The van der Waals surface area contributed by atoms with Crippen LogP contribution in [0.4, 0.5) is 0 Å². The highest BCUT2D eigenvalue weighted by atomic mass is 32.9. The average Bonchev–Trinajstić information content (AvgIpc) is 2.62. The van der Waals surface area contributed by atoms with E-state index in [4.69, 9.17) is 25.4 Å². The van der Waals surface area contributed by atoms with Gasteiger partial charge in [-0.05, 0) is 32.6 Å². The Morgan fingerprint density at radius 3 is 2.44 bits per heavy atom. The predicted octanol–water partition coefficient (Wildman–Crippen LogP) is 2.91. The highest BCUT2D eigenvalue weighted by Gasteiger charge is 2.20. The number of hydrogen-bond acceptors (Lipinski definition) is 7. The largest absolute Gasteiger partial charge is 0.338 e. The molecule has 1 aromatic heterocycles. The first-order chi connectivity index (χ1) is 7.59. The maximum atomic E-state index is 5.48. The van der Waals surface area contributed by atoms with Crippen LogP contribution >= 0.6 is 17.1 Å². The van der Waals surface area contributed by atoms with E-state index in [1.807, 2.05) is 13.8 Å². The molecular formula is C8H15N2O3PS2. The van der Waals surface area contributed by atoms with Crippen molar-refractivity contribution in [1.29, 1.82) is 0 Å². The fourth-order valence-corrected chi connectivity index (χ4v) is 5.19. The highest BCUT2D eigenvalue weighted by Crippen LogP contribution is 2.61. The van der Waals surface area contributed by atoms with Crippen LogP contribution in [0.25, 0.3) is 0 Å². The van der Waals surface area contributed by atoms with E-state index in [1.165, 1.54) is 11.4 Å². The molecule has 0 fully saturated rings. The first-order valence-electron chi connectivity index (χ1n) is 4.92. The van der Waals surface area contributed by atoms with Crippen molar-refractivity contribution in [2.24, 2.45) is 0 Å². The van der Waals surface area contributed by atoms with E-state index in [0.717, 1.165) is 0 Å². The van der Waals surface area contributed by atoms with E-state index in [2.05, 4.69) is 10.1 Å². The van der Waals surface area contributed by atoms with Gasteiger partial charge in [-0.3, -0.25) is 0 Å². The van der Waals surface area contributed by atoms with Crippen molar-refractivity contribution in [1.82, 2.24) is 10.1 Å². The Balaban J connectivity index is 2.53. The van der Waals surface area contributed by atoms with E-state index in [9.17, 15) is 0 Å². The van der Waals surface area contributed by atoms with Gasteiger partial charge in [0.2, 0.25) is 11.6 Å². The summed E-state index contributed by atoms with van der Waals surface area (Å²) in [6.07, 6.45) is 0. The van der Waals surface area contributed by atoms with Crippen molar-refractivity contribution in [2.45, 2.75) is 26.5 Å². The lowest BCUT2D eigenvalue weighted by Gasteiger charge is -2.18. The van der Waals surface area contributed by atoms with Crippen molar-refractivity contribution in [2.75, 3.05) is 13.2 Å². The molecule has 0 aliphatic rings. The summed E-state index contributed by atoms with van der Waals surface area (Å²) in [5.74, 6) is 1.70. The molecule has 5 nitrogen and oxygen atoms in total. The molecule has 8 heteroatoms. The van der Waals surface area contributed by atoms with E-state index in [-0.39, 0.29) is 0 Å². The zero-order valence-corrected chi connectivity index (χ0v) is 12.0.